The highest BCUT2D eigenvalue weighted by Gasteiger charge is 2.26. The molecule has 1 aliphatic heterocycles. The molecule has 16 heavy (non-hydrogen) atoms. The first kappa shape index (κ1) is 11.9. The number of rotatable bonds is 3. The molecular formula is C13H21NO2. The van der Waals surface area contributed by atoms with Crippen LogP contribution in [-0.2, 0) is 9.47 Å². The zero-order valence-corrected chi connectivity index (χ0v) is 9.86. The van der Waals surface area contributed by atoms with Gasteiger partial charge in [0.15, 0.2) is 0 Å². The van der Waals surface area contributed by atoms with Crippen LogP contribution >= 0.6 is 0 Å². The second kappa shape index (κ2) is 6.22. The Labute approximate surface area is 97.7 Å². The largest absolute Gasteiger partial charge is 0.381 e. The molecule has 3 nitrogen and oxygen atoms in total. The van der Waals surface area contributed by atoms with Crippen LogP contribution < -0.4 is 0 Å². The topological polar surface area (TPSA) is 42.2 Å². The van der Waals surface area contributed by atoms with Crippen molar-refractivity contribution in [3.8, 4) is 6.07 Å². The Morgan fingerprint density at radius 2 is 2.06 bits per heavy atom. The predicted octanol–water partition coefficient (Wildman–Crippen LogP) is 2.51. The summed E-state index contributed by atoms with van der Waals surface area (Å²) >= 11 is 0. The Bertz CT molecular complexity index is 243. The van der Waals surface area contributed by atoms with Crippen LogP contribution in [0.1, 0.15) is 38.5 Å². The molecule has 1 saturated carbocycles. The lowest BCUT2D eigenvalue weighted by molar-refractivity contribution is 0.00117. The highest BCUT2D eigenvalue weighted by atomic mass is 16.5. The normalized spacial score (nSPS) is 35.6. The molecule has 3 heteroatoms. The van der Waals surface area contributed by atoms with E-state index in [9.17, 15) is 0 Å². The van der Waals surface area contributed by atoms with Crippen molar-refractivity contribution in [3.05, 3.63) is 0 Å². The molecule has 90 valence electrons. The average Bonchev–Trinajstić information content (AvgIpc) is 2.71. The van der Waals surface area contributed by atoms with Gasteiger partial charge in [-0.05, 0) is 19.3 Å². The first-order valence-corrected chi connectivity index (χ1v) is 6.49. The minimum absolute atomic E-state index is 0.116. The van der Waals surface area contributed by atoms with Gasteiger partial charge in [-0.25, -0.2) is 0 Å². The number of nitriles is 1. The zero-order chi connectivity index (χ0) is 11.2. The molecule has 3 atom stereocenters. The number of ether oxygens (including phenoxy) is 2. The third-order valence-electron chi connectivity index (χ3n) is 3.69. The van der Waals surface area contributed by atoms with E-state index in [1.54, 1.807) is 0 Å². The van der Waals surface area contributed by atoms with E-state index < -0.39 is 0 Å². The molecule has 0 aromatic rings. The molecule has 0 bridgehead atoms. The fourth-order valence-corrected chi connectivity index (χ4v) is 2.60. The first-order chi connectivity index (χ1) is 7.90. The molecule has 2 rings (SSSR count). The Hall–Kier alpha value is -0.590. The minimum Gasteiger partial charge on any atom is -0.381 e. The molecule has 0 amide bonds. The van der Waals surface area contributed by atoms with E-state index in [0.717, 1.165) is 39.1 Å². The van der Waals surface area contributed by atoms with Gasteiger partial charge in [-0.1, -0.05) is 19.3 Å². The summed E-state index contributed by atoms with van der Waals surface area (Å²) in [7, 11) is 0. The van der Waals surface area contributed by atoms with Gasteiger partial charge < -0.3 is 9.47 Å². The molecule has 3 unspecified atom stereocenters. The van der Waals surface area contributed by atoms with Gasteiger partial charge in [-0.15, -0.1) is 0 Å². The van der Waals surface area contributed by atoms with Crippen LogP contribution in [0.5, 0.6) is 0 Å². The summed E-state index contributed by atoms with van der Waals surface area (Å²) in [6.07, 6.45) is 7.02. The van der Waals surface area contributed by atoms with Gasteiger partial charge >= 0.3 is 0 Å². The quantitative estimate of drug-likeness (QED) is 0.690. The fraction of sp³-hybridized carbons (Fsp3) is 0.923. The first-order valence-electron chi connectivity index (χ1n) is 6.49. The smallest absolute Gasteiger partial charge is 0.0733 e. The van der Waals surface area contributed by atoms with Crippen LogP contribution in [0.2, 0.25) is 0 Å². The van der Waals surface area contributed by atoms with Gasteiger partial charge in [-0.3, -0.25) is 0 Å². The van der Waals surface area contributed by atoms with Crippen molar-refractivity contribution >= 4 is 0 Å². The fourth-order valence-electron chi connectivity index (χ4n) is 2.60. The lowest BCUT2D eigenvalue weighted by Crippen LogP contribution is -2.25. The predicted molar refractivity (Wildman–Crippen MR) is 60.9 cm³/mol. The summed E-state index contributed by atoms with van der Waals surface area (Å²) in [5.74, 6) is 0.674. The molecular weight excluding hydrogens is 202 g/mol. The second-order valence-corrected chi connectivity index (χ2v) is 4.98. The van der Waals surface area contributed by atoms with Crippen molar-refractivity contribution in [2.45, 2.75) is 44.6 Å². The third-order valence-corrected chi connectivity index (χ3v) is 3.69. The van der Waals surface area contributed by atoms with Gasteiger partial charge in [0.05, 0.1) is 31.3 Å². The Morgan fingerprint density at radius 3 is 2.81 bits per heavy atom. The minimum atomic E-state index is 0.116. The molecule has 0 N–H and O–H groups in total. The van der Waals surface area contributed by atoms with Gasteiger partial charge in [0.25, 0.3) is 0 Å². The third kappa shape index (κ3) is 3.20. The lowest BCUT2D eigenvalue weighted by Gasteiger charge is -2.21. The Morgan fingerprint density at radius 1 is 1.19 bits per heavy atom. The van der Waals surface area contributed by atoms with Crippen LogP contribution in [0.25, 0.3) is 0 Å². The van der Waals surface area contributed by atoms with Crippen molar-refractivity contribution in [2.24, 2.45) is 11.8 Å². The Kier molecular flexibility index (Phi) is 4.62. The summed E-state index contributed by atoms with van der Waals surface area (Å²) in [5, 5.41) is 9.12. The molecule has 0 spiro atoms. The van der Waals surface area contributed by atoms with E-state index in [0.29, 0.717) is 5.92 Å². The van der Waals surface area contributed by atoms with E-state index in [-0.39, 0.29) is 12.0 Å². The molecule has 0 aromatic heterocycles. The van der Waals surface area contributed by atoms with Crippen LogP contribution in [0.4, 0.5) is 0 Å². The summed E-state index contributed by atoms with van der Waals surface area (Å²) < 4.78 is 11.3. The van der Waals surface area contributed by atoms with Gasteiger partial charge in [0.2, 0.25) is 0 Å². The molecule has 1 aliphatic carbocycles. The molecule has 0 aromatic carbocycles. The van der Waals surface area contributed by atoms with Crippen molar-refractivity contribution in [1.82, 2.24) is 0 Å². The number of hydrogen-bond donors (Lipinski definition) is 0. The highest BCUT2D eigenvalue weighted by Crippen LogP contribution is 2.26. The Balaban J connectivity index is 1.78. The summed E-state index contributed by atoms with van der Waals surface area (Å²) in [6, 6.07) is 2.41. The van der Waals surface area contributed by atoms with E-state index in [1.165, 1.54) is 19.3 Å². The monoisotopic (exact) mass is 223 g/mol. The second-order valence-electron chi connectivity index (χ2n) is 4.98. The molecule has 1 heterocycles. The number of nitrogens with zero attached hydrogens (tertiary/aromatic N) is 1. The SMILES string of the molecule is N#CC1CCCCCC1OCC1CCOC1. The summed E-state index contributed by atoms with van der Waals surface area (Å²) in [5.41, 5.74) is 0. The summed E-state index contributed by atoms with van der Waals surface area (Å²) in [4.78, 5) is 0. The lowest BCUT2D eigenvalue weighted by atomic mass is 9.99. The zero-order valence-electron chi connectivity index (χ0n) is 9.86. The van der Waals surface area contributed by atoms with Crippen LogP contribution in [0.3, 0.4) is 0 Å². The molecule has 2 aliphatic rings. The highest BCUT2D eigenvalue weighted by molar-refractivity contribution is 4.90. The van der Waals surface area contributed by atoms with Crippen LogP contribution in [0, 0.1) is 23.2 Å². The van der Waals surface area contributed by atoms with Crippen molar-refractivity contribution in [3.63, 3.8) is 0 Å². The average molecular weight is 223 g/mol. The van der Waals surface area contributed by atoms with Gasteiger partial charge in [-0.2, -0.15) is 5.26 Å². The van der Waals surface area contributed by atoms with Crippen molar-refractivity contribution in [1.29, 1.82) is 5.26 Å². The molecule has 1 saturated heterocycles. The van der Waals surface area contributed by atoms with Crippen LogP contribution in [0.15, 0.2) is 0 Å². The number of hydrogen-bond acceptors (Lipinski definition) is 3. The molecule has 0 radical (unpaired) electrons. The maximum Gasteiger partial charge on any atom is 0.0733 e. The maximum absolute atomic E-state index is 9.12. The van der Waals surface area contributed by atoms with E-state index in [4.69, 9.17) is 14.7 Å². The van der Waals surface area contributed by atoms with Crippen molar-refractivity contribution in [2.75, 3.05) is 19.8 Å². The standard InChI is InChI=1S/C13H21NO2/c14-8-12-4-2-1-3-5-13(12)16-10-11-6-7-15-9-11/h11-13H,1-7,9-10H2. The van der Waals surface area contributed by atoms with E-state index in [1.807, 2.05) is 0 Å². The molecule has 2 fully saturated rings. The van der Waals surface area contributed by atoms with Crippen molar-refractivity contribution < 1.29 is 9.47 Å². The maximum atomic E-state index is 9.12. The van der Waals surface area contributed by atoms with Crippen LogP contribution in [-0.4, -0.2) is 25.9 Å². The van der Waals surface area contributed by atoms with E-state index >= 15 is 0 Å². The van der Waals surface area contributed by atoms with E-state index in [2.05, 4.69) is 6.07 Å². The summed E-state index contributed by atoms with van der Waals surface area (Å²) in [6.45, 7) is 2.49. The van der Waals surface area contributed by atoms with Gasteiger partial charge in [0, 0.05) is 12.5 Å². The van der Waals surface area contributed by atoms with Gasteiger partial charge in [0.1, 0.15) is 0 Å².